The number of rotatable bonds is 3. The Morgan fingerprint density at radius 2 is 1.58 bits per heavy atom. The molecule has 5 nitrogen and oxygen atoms in total. The van der Waals surface area contributed by atoms with E-state index in [0.717, 1.165) is 22.2 Å². The van der Waals surface area contributed by atoms with Crippen molar-refractivity contribution in [2.45, 2.75) is 11.1 Å². The minimum atomic E-state index is -4.28. The normalized spacial score (nSPS) is 11.5. The van der Waals surface area contributed by atoms with Crippen LogP contribution in [0.1, 0.15) is 5.69 Å². The Labute approximate surface area is 143 Å². The van der Waals surface area contributed by atoms with E-state index in [2.05, 4.69) is 14.7 Å². The third-order valence-electron chi connectivity index (χ3n) is 2.45. The highest BCUT2D eigenvalue weighted by Gasteiger charge is 2.32. The van der Waals surface area contributed by atoms with E-state index in [-0.39, 0.29) is 4.90 Å². The lowest BCUT2D eigenvalue weighted by Gasteiger charge is -2.04. The van der Waals surface area contributed by atoms with Crippen molar-refractivity contribution >= 4 is 38.5 Å². The molecule has 0 aliphatic carbocycles. The lowest BCUT2D eigenvalue weighted by atomic mass is 10.4. The fraction of sp³-hybridized carbons (Fsp3) is 0.0769. The Morgan fingerprint density at radius 3 is 2.04 bits per heavy atom. The van der Waals surface area contributed by atoms with Crippen molar-refractivity contribution in [3.05, 3.63) is 57.8 Å². The number of halogens is 3. The van der Waals surface area contributed by atoms with Gasteiger partial charge in [0.15, 0.2) is 11.5 Å². The summed E-state index contributed by atoms with van der Waals surface area (Å²) in [6.07, 6.45) is -4.28. The third kappa shape index (κ3) is 5.28. The molecule has 0 aliphatic rings. The molecule has 0 amide bonds. The van der Waals surface area contributed by atoms with E-state index in [1.165, 1.54) is 23.5 Å². The maximum atomic E-state index is 11.8. The van der Waals surface area contributed by atoms with Gasteiger partial charge in [0.25, 0.3) is 10.0 Å². The molecule has 0 fully saturated rings. The van der Waals surface area contributed by atoms with Crippen LogP contribution in [0.15, 0.2) is 57.0 Å². The van der Waals surface area contributed by atoms with Gasteiger partial charge in [0.05, 0.1) is 15.9 Å². The first-order valence-corrected chi connectivity index (χ1v) is 9.57. The van der Waals surface area contributed by atoms with Crippen LogP contribution in [0.5, 0.6) is 0 Å². The van der Waals surface area contributed by atoms with Crippen molar-refractivity contribution in [3.8, 4) is 0 Å². The summed E-state index contributed by atoms with van der Waals surface area (Å²) in [4.78, 5) is 7.17. The maximum Gasteiger partial charge on any atom is 0.434 e. The molecule has 0 aliphatic heterocycles. The molecule has 0 unspecified atom stereocenters. The Balaban J connectivity index is 0.000000198. The van der Waals surface area contributed by atoms with E-state index in [1.807, 2.05) is 0 Å². The Morgan fingerprint density at radius 1 is 0.958 bits per heavy atom. The summed E-state index contributed by atoms with van der Waals surface area (Å²) in [6, 6.07) is 8.19. The molecule has 3 rings (SSSR count). The molecule has 3 aromatic rings. The van der Waals surface area contributed by atoms with Crippen LogP contribution in [-0.2, 0) is 16.2 Å². The molecule has 11 heteroatoms. The monoisotopic (exact) mass is 393 g/mol. The van der Waals surface area contributed by atoms with Crippen molar-refractivity contribution in [2.75, 3.05) is 4.72 Å². The number of alkyl halides is 3. The molecule has 2 aromatic heterocycles. The smallest absolute Gasteiger partial charge is 0.263 e. The molecular weight excluding hydrogens is 383 g/mol. The van der Waals surface area contributed by atoms with Crippen molar-refractivity contribution < 1.29 is 21.6 Å². The lowest BCUT2D eigenvalue weighted by molar-refractivity contribution is -0.140. The van der Waals surface area contributed by atoms with Gasteiger partial charge >= 0.3 is 6.18 Å². The second kappa shape index (κ2) is 7.73. The third-order valence-corrected chi connectivity index (χ3v) is 4.99. The number of nitrogens with one attached hydrogen (secondary N) is 1. The minimum Gasteiger partial charge on any atom is -0.263 e. The maximum absolute atomic E-state index is 11.8. The highest BCUT2D eigenvalue weighted by atomic mass is 32.2. The van der Waals surface area contributed by atoms with Crippen molar-refractivity contribution in [2.24, 2.45) is 0 Å². The summed E-state index contributed by atoms with van der Waals surface area (Å²) < 4.78 is 60.6. The Hall–Kier alpha value is -1.98. The van der Waals surface area contributed by atoms with Gasteiger partial charge in [0.2, 0.25) is 0 Å². The molecule has 128 valence electrons. The predicted molar refractivity (Wildman–Crippen MR) is 86.5 cm³/mol. The zero-order valence-corrected chi connectivity index (χ0v) is 14.2. The topological polar surface area (TPSA) is 72.0 Å². The Kier molecular flexibility index (Phi) is 5.91. The van der Waals surface area contributed by atoms with Gasteiger partial charge in [-0.3, -0.25) is 4.72 Å². The van der Waals surface area contributed by atoms with Gasteiger partial charge in [0.1, 0.15) is 0 Å². The van der Waals surface area contributed by atoms with Crippen molar-refractivity contribution in [3.63, 3.8) is 0 Å². The highest BCUT2D eigenvalue weighted by molar-refractivity contribution is 7.92. The molecular formula is C13H10F3N3O2S3. The van der Waals surface area contributed by atoms with Crippen LogP contribution >= 0.6 is 22.7 Å². The van der Waals surface area contributed by atoms with Crippen LogP contribution in [0.2, 0.25) is 0 Å². The van der Waals surface area contributed by atoms with E-state index in [0.29, 0.717) is 5.82 Å². The van der Waals surface area contributed by atoms with Crippen LogP contribution in [-0.4, -0.2) is 18.4 Å². The van der Waals surface area contributed by atoms with E-state index in [1.54, 1.807) is 29.1 Å². The van der Waals surface area contributed by atoms with Gasteiger partial charge in [-0.15, -0.1) is 22.7 Å². The fourth-order valence-electron chi connectivity index (χ4n) is 1.41. The van der Waals surface area contributed by atoms with Gasteiger partial charge in [-0.2, -0.15) is 13.2 Å². The van der Waals surface area contributed by atoms with E-state index < -0.39 is 21.9 Å². The zero-order valence-electron chi connectivity index (χ0n) is 11.8. The standard InChI is InChI=1S/C9H8N2O2S2.C4H2F3NS/c12-15(13,8-4-2-1-3-5-8)11-9-6-14-7-10-9;5-4(6,7)3-1-9-2-8-3/h1-7,11H;1-2H. The average Bonchev–Trinajstić information content (AvgIpc) is 3.21. The summed E-state index contributed by atoms with van der Waals surface area (Å²) >= 11 is 2.27. The molecule has 0 bridgehead atoms. The van der Waals surface area contributed by atoms with E-state index in [4.69, 9.17) is 0 Å². The first-order chi connectivity index (χ1) is 11.3. The van der Waals surface area contributed by atoms with E-state index >= 15 is 0 Å². The molecule has 1 N–H and O–H groups in total. The van der Waals surface area contributed by atoms with Crippen LogP contribution in [0.4, 0.5) is 19.0 Å². The molecule has 24 heavy (non-hydrogen) atoms. The number of thiazole rings is 2. The highest BCUT2D eigenvalue weighted by Crippen LogP contribution is 2.28. The summed E-state index contributed by atoms with van der Waals surface area (Å²) in [6.45, 7) is 0. The van der Waals surface area contributed by atoms with Gasteiger partial charge in [-0.1, -0.05) is 18.2 Å². The quantitative estimate of drug-likeness (QED) is 0.727. The molecule has 0 saturated heterocycles. The molecule has 1 aromatic carbocycles. The summed E-state index contributed by atoms with van der Waals surface area (Å²) in [7, 11) is -3.49. The molecule has 0 radical (unpaired) electrons. The van der Waals surface area contributed by atoms with Crippen molar-refractivity contribution in [1.29, 1.82) is 0 Å². The molecule has 0 atom stereocenters. The molecule has 2 heterocycles. The number of hydrogen-bond acceptors (Lipinski definition) is 6. The number of aromatic nitrogens is 2. The van der Waals surface area contributed by atoms with Crippen molar-refractivity contribution in [1.82, 2.24) is 9.97 Å². The zero-order chi connectivity index (χ0) is 17.6. The number of anilines is 1. The van der Waals surface area contributed by atoms with Crippen LogP contribution in [0.3, 0.4) is 0 Å². The molecule has 0 saturated carbocycles. The number of hydrogen-bond donors (Lipinski definition) is 1. The van der Waals surface area contributed by atoms with Gasteiger partial charge in [-0.05, 0) is 12.1 Å². The Bertz CT molecular complexity index is 834. The first-order valence-electron chi connectivity index (χ1n) is 6.20. The van der Waals surface area contributed by atoms with Gasteiger partial charge < -0.3 is 0 Å². The summed E-state index contributed by atoms with van der Waals surface area (Å²) in [5, 5.41) is 2.61. The summed E-state index contributed by atoms with van der Waals surface area (Å²) in [5.74, 6) is 0.351. The van der Waals surface area contributed by atoms with Crippen LogP contribution < -0.4 is 4.72 Å². The second-order valence-corrected chi connectivity index (χ2v) is 7.28. The van der Waals surface area contributed by atoms with E-state index in [9.17, 15) is 21.6 Å². The SMILES string of the molecule is FC(F)(F)c1cscn1.O=S(=O)(Nc1cscn1)c1ccccc1. The van der Waals surface area contributed by atoms with Crippen LogP contribution in [0.25, 0.3) is 0 Å². The minimum absolute atomic E-state index is 0.234. The largest absolute Gasteiger partial charge is 0.434 e. The number of benzene rings is 1. The first kappa shape index (κ1) is 18.4. The number of nitrogens with zero attached hydrogens (tertiary/aromatic N) is 2. The predicted octanol–water partition coefficient (Wildman–Crippen LogP) is 4.11. The van der Waals surface area contributed by atoms with Crippen LogP contribution in [0, 0.1) is 0 Å². The molecule has 0 spiro atoms. The average molecular weight is 393 g/mol. The fourth-order valence-corrected chi connectivity index (χ4v) is 3.55. The second-order valence-electron chi connectivity index (χ2n) is 4.16. The van der Waals surface area contributed by atoms with Gasteiger partial charge in [0, 0.05) is 10.8 Å². The lowest BCUT2D eigenvalue weighted by Crippen LogP contribution is -2.12. The number of sulfonamides is 1. The van der Waals surface area contributed by atoms with Gasteiger partial charge in [-0.25, -0.2) is 18.4 Å². The summed E-state index contributed by atoms with van der Waals surface area (Å²) in [5.41, 5.74) is 1.92.